The maximum Gasteiger partial charge on any atom is 0.224 e. The monoisotopic (exact) mass is 666 g/mol. The van der Waals surface area contributed by atoms with Gasteiger partial charge >= 0.3 is 0 Å². The van der Waals surface area contributed by atoms with Gasteiger partial charge in [-0.1, -0.05) is 31.4 Å². The summed E-state index contributed by atoms with van der Waals surface area (Å²) >= 11 is 1.59. The Hall–Kier alpha value is -3.33. The van der Waals surface area contributed by atoms with E-state index in [4.69, 9.17) is 10.00 Å². The van der Waals surface area contributed by atoms with E-state index in [1.165, 1.54) is 6.42 Å². The number of amides is 1. The molecule has 2 saturated heterocycles. The van der Waals surface area contributed by atoms with Crippen molar-refractivity contribution in [3.8, 4) is 27.1 Å². The van der Waals surface area contributed by atoms with Gasteiger partial charge in [0.25, 0.3) is 0 Å². The third-order valence-electron chi connectivity index (χ3n) is 9.57. The van der Waals surface area contributed by atoms with Crippen LogP contribution in [0.25, 0.3) is 21.0 Å². The maximum atomic E-state index is 14.5. The number of hydrogen-bond acceptors (Lipinski definition) is 8. The predicted octanol–water partition coefficient (Wildman–Crippen LogP) is 6.73. The van der Waals surface area contributed by atoms with Crippen LogP contribution in [0.15, 0.2) is 48.7 Å². The minimum absolute atomic E-state index is 0. The smallest absolute Gasteiger partial charge is 0.224 e. The van der Waals surface area contributed by atoms with Crippen LogP contribution < -0.4 is 10.2 Å². The molecule has 46 heavy (non-hydrogen) atoms. The van der Waals surface area contributed by atoms with E-state index < -0.39 is 15.4 Å². The van der Waals surface area contributed by atoms with Gasteiger partial charge in [0, 0.05) is 51.1 Å². The summed E-state index contributed by atoms with van der Waals surface area (Å²) in [4.78, 5) is 19.5. The van der Waals surface area contributed by atoms with Crippen molar-refractivity contribution in [1.82, 2.24) is 10.3 Å². The number of hydrogen-bond donors (Lipinski definition) is 1. The van der Waals surface area contributed by atoms with Crippen molar-refractivity contribution in [2.24, 2.45) is 5.92 Å². The molecule has 2 aromatic carbocycles. The van der Waals surface area contributed by atoms with Gasteiger partial charge in [0.05, 0.1) is 22.5 Å². The number of thiazole rings is 1. The number of ether oxygens (including phenoxy) is 1. The van der Waals surface area contributed by atoms with Crippen molar-refractivity contribution in [3.05, 3.63) is 60.0 Å². The number of anilines is 1. The molecule has 2 aliphatic carbocycles. The Morgan fingerprint density at radius 1 is 1.02 bits per heavy atom. The topological polar surface area (TPSA) is 112 Å². The third kappa shape index (κ3) is 7.96. The summed E-state index contributed by atoms with van der Waals surface area (Å²) in [6, 6.07) is 15.7. The number of rotatable bonds is 6. The second kappa shape index (κ2) is 14.2. The minimum Gasteiger partial charge on any atom is -0.381 e. The molecule has 3 aromatic rings. The van der Waals surface area contributed by atoms with Crippen LogP contribution in [0.4, 0.5) is 10.1 Å². The van der Waals surface area contributed by atoms with Crippen molar-refractivity contribution in [2.45, 2.75) is 69.2 Å². The van der Waals surface area contributed by atoms with Gasteiger partial charge in [-0.05, 0) is 85.9 Å². The molecular formula is C35H43FN4O4S2. The Morgan fingerprint density at radius 3 is 2.35 bits per heavy atom. The van der Waals surface area contributed by atoms with Crippen LogP contribution in [0, 0.1) is 23.1 Å². The number of nitrogens with one attached hydrogen (secondary N) is 1. The van der Waals surface area contributed by atoms with Crippen LogP contribution in [0.2, 0.25) is 0 Å². The highest BCUT2D eigenvalue weighted by atomic mass is 32.2. The molecule has 0 atom stereocenters. The Kier molecular flexibility index (Phi) is 10.1. The lowest BCUT2D eigenvalue weighted by atomic mass is 9.88. The lowest BCUT2D eigenvalue weighted by Crippen LogP contribution is -2.40. The van der Waals surface area contributed by atoms with E-state index in [9.17, 15) is 17.6 Å². The van der Waals surface area contributed by atoms with Crippen molar-refractivity contribution in [2.75, 3.05) is 42.7 Å². The SMILES string of the molecule is N#CC1(NC(=O)C2CCCCC2)CC1.O=S1(=O)CCN(c2ccc(-c3cnc(-c4ccc(F)c(C5CCOCC5)c4)s3)cc2)CC1.[HH]. The number of benzene rings is 2. The average molecular weight is 667 g/mol. The van der Waals surface area contributed by atoms with Gasteiger partial charge in [-0.2, -0.15) is 5.26 Å². The molecule has 11 heteroatoms. The van der Waals surface area contributed by atoms with E-state index in [1.807, 2.05) is 36.5 Å². The first-order chi connectivity index (χ1) is 22.2. The molecular weight excluding hydrogens is 624 g/mol. The summed E-state index contributed by atoms with van der Waals surface area (Å²) in [5.74, 6) is 0.748. The minimum atomic E-state index is -2.89. The number of sulfone groups is 1. The van der Waals surface area contributed by atoms with Gasteiger partial charge in [0.1, 0.15) is 16.4 Å². The molecule has 246 valence electrons. The molecule has 4 fully saturated rings. The molecule has 4 aliphatic rings. The Bertz CT molecular complexity index is 1660. The molecule has 1 amide bonds. The number of nitrogens with zero attached hydrogens (tertiary/aromatic N) is 3. The van der Waals surface area contributed by atoms with Crippen molar-refractivity contribution in [3.63, 3.8) is 0 Å². The standard InChI is InChI=1S/C24H25FN2O3S2.C11H16N2O.H2/c25-22-6-3-19(15-21(22)17-7-11-30-12-8-17)24-26-16-23(31-24)18-1-4-20(5-2-18)27-9-13-32(28,29)14-10-27;12-8-11(6-7-11)13-10(14)9-4-2-1-3-5-9;/h1-6,15-17H,7-14H2;9H,1-7H2,(H,13,14);1H. The second-order valence-corrected chi connectivity index (χ2v) is 16.2. The molecule has 2 saturated carbocycles. The highest BCUT2D eigenvalue weighted by molar-refractivity contribution is 7.91. The second-order valence-electron chi connectivity index (χ2n) is 12.9. The van der Waals surface area contributed by atoms with Crippen LogP contribution in [0.5, 0.6) is 0 Å². The molecule has 2 aliphatic heterocycles. The molecule has 0 radical (unpaired) electrons. The zero-order valence-electron chi connectivity index (χ0n) is 26.0. The van der Waals surface area contributed by atoms with Gasteiger partial charge in [-0.25, -0.2) is 17.8 Å². The Morgan fingerprint density at radius 2 is 1.70 bits per heavy atom. The lowest BCUT2D eigenvalue weighted by molar-refractivity contribution is -0.126. The molecule has 1 N–H and O–H groups in total. The maximum absolute atomic E-state index is 14.5. The molecule has 7 rings (SSSR count). The van der Waals surface area contributed by atoms with Crippen LogP contribution >= 0.6 is 11.3 Å². The number of halogens is 1. The van der Waals surface area contributed by atoms with E-state index in [-0.39, 0.29) is 36.5 Å². The number of carbonyl (C=O) groups excluding carboxylic acids is 1. The van der Waals surface area contributed by atoms with Crippen LogP contribution in [-0.2, 0) is 19.4 Å². The van der Waals surface area contributed by atoms with Crippen LogP contribution in [0.3, 0.4) is 0 Å². The summed E-state index contributed by atoms with van der Waals surface area (Å²) in [5.41, 5.74) is 3.32. The summed E-state index contributed by atoms with van der Waals surface area (Å²) < 4.78 is 43.2. The molecule has 3 heterocycles. The quantitative estimate of drug-likeness (QED) is 0.311. The van der Waals surface area contributed by atoms with E-state index in [1.54, 1.807) is 23.5 Å². The van der Waals surface area contributed by atoms with E-state index >= 15 is 0 Å². The Labute approximate surface area is 276 Å². The fraction of sp³-hybridized carbons (Fsp3) is 0.514. The predicted molar refractivity (Wildman–Crippen MR) is 181 cm³/mol. The summed E-state index contributed by atoms with van der Waals surface area (Å²) in [6.45, 7) is 2.43. The highest BCUT2D eigenvalue weighted by Gasteiger charge is 2.45. The first-order valence-corrected chi connectivity index (χ1v) is 19.0. The third-order valence-corrected chi connectivity index (χ3v) is 12.3. The summed E-state index contributed by atoms with van der Waals surface area (Å²) in [7, 11) is -2.89. The summed E-state index contributed by atoms with van der Waals surface area (Å²) in [6.07, 6.45) is 10.8. The van der Waals surface area contributed by atoms with Crippen molar-refractivity contribution in [1.29, 1.82) is 5.26 Å². The molecule has 0 unspecified atom stereocenters. The lowest BCUT2D eigenvalue weighted by Gasteiger charge is -2.28. The molecule has 8 nitrogen and oxygen atoms in total. The summed E-state index contributed by atoms with van der Waals surface area (Å²) in [5, 5.41) is 12.6. The van der Waals surface area contributed by atoms with Crippen LogP contribution in [0.1, 0.15) is 70.7 Å². The highest BCUT2D eigenvalue weighted by Crippen LogP contribution is 2.37. The van der Waals surface area contributed by atoms with E-state index in [0.29, 0.717) is 26.3 Å². The largest absolute Gasteiger partial charge is 0.381 e. The Balaban J connectivity index is 0.000000243. The number of nitriles is 1. The van der Waals surface area contributed by atoms with Gasteiger partial charge < -0.3 is 15.0 Å². The molecule has 0 bridgehead atoms. The van der Waals surface area contributed by atoms with Gasteiger partial charge in [-0.15, -0.1) is 11.3 Å². The fourth-order valence-corrected chi connectivity index (χ4v) is 8.56. The fourth-order valence-electron chi connectivity index (χ4n) is 6.44. The van der Waals surface area contributed by atoms with Gasteiger partial charge in [0.2, 0.25) is 5.91 Å². The van der Waals surface area contributed by atoms with Gasteiger partial charge in [0.15, 0.2) is 9.84 Å². The number of carbonyl (C=O) groups is 1. The van der Waals surface area contributed by atoms with Crippen LogP contribution in [-0.4, -0.2) is 62.7 Å². The average Bonchev–Trinajstić information content (AvgIpc) is 3.69. The van der Waals surface area contributed by atoms with E-state index in [0.717, 1.165) is 83.6 Å². The first kappa shape index (κ1) is 32.6. The molecule has 1 aromatic heterocycles. The molecule has 0 spiro atoms. The van der Waals surface area contributed by atoms with Crippen molar-refractivity contribution < 1.29 is 23.8 Å². The first-order valence-electron chi connectivity index (χ1n) is 16.4. The zero-order chi connectivity index (χ0) is 32.1. The van der Waals surface area contributed by atoms with Crippen molar-refractivity contribution >= 4 is 32.8 Å². The normalized spacial score (nSPS) is 21.0. The number of aromatic nitrogens is 1. The zero-order valence-corrected chi connectivity index (χ0v) is 27.7. The van der Waals surface area contributed by atoms with Gasteiger partial charge in [-0.3, -0.25) is 4.79 Å². The van der Waals surface area contributed by atoms with E-state index in [2.05, 4.69) is 21.3 Å².